The summed E-state index contributed by atoms with van der Waals surface area (Å²) in [5.74, 6) is 31.9. The van der Waals surface area contributed by atoms with Crippen molar-refractivity contribution in [2.75, 3.05) is 36.2 Å². The lowest BCUT2D eigenvalue weighted by Crippen LogP contribution is -2.09. The zero-order valence-corrected chi connectivity index (χ0v) is 84.9. The zero-order valence-electron chi connectivity index (χ0n) is 82.4. The lowest BCUT2D eigenvalue weighted by molar-refractivity contribution is 0.295. The van der Waals surface area contributed by atoms with Crippen LogP contribution in [-0.4, -0.2) is 26.4 Å². The summed E-state index contributed by atoms with van der Waals surface area (Å²) in [5.41, 5.74) is 16.2. The van der Waals surface area contributed by atoms with Crippen molar-refractivity contribution in [3.05, 3.63) is 320 Å². The number of hydrogen-bond acceptors (Lipinski definition) is 9. The van der Waals surface area contributed by atoms with Crippen molar-refractivity contribution >= 4 is 111 Å². The second-order valence-corrected chi connectivity index (χ2v) is 39.8. The van der Waals surface area contributed by atoms with Crippen molar-refractivity contribution in [2.45, 2.75) is 285 Å². The normalized spacial score (nSPS) is 11.2. The molecule has 0 amide bonds. The van der Waals surface area contributed by atoms with Gasteiger partial charge < -0.3 is 28.7 Å². The Bertz CT molecular complexity index is 5550. The van der Waals surface area contributed by atoms with E-state index in [1.54, 1.807) is 22.7 Å². The summed E-state index contributed by atoms with van der Waals surface area (Å²) >= 11 is 5.34. The molecular weight excluding hydrogens is 1730 g/mol. The summed E-state index contributed by atoms with van der Waals surface area (Å²) < 4.78 is 32.4. The maximum atomic E-state index is 6.88. The average molecular weight is 1870 g/mol. The molecule has 0 atom stereocenters. The van der Waals surface area contributed by atoms with Gasteiger partial charge in [0.25, 0.3) is 0 Å². The second-order valence-electron chi connectivity index (χ2n) is 36.6. The third kappa shape index (κ3) is 35.1. The van der Waals surface area contributed by atoms with Crippen LogP contribution in [0.4, 0.5) is 34.1 Å². The van der Waals surface area contributed by atoms with Crippen LogP contribution < -0.4 is 28.7 Å². The third-order valence-electron chi connectivity index (χ3n) is 25.4. The molecule has 137 heavy (non-hydrogen) atoms. The first-order valence-electron chi connectivity index (χ1n) is 52.3. The van der Waals surface area contributed by atoms with Gasteiger partial charge in [-0.3, -0.25) is 0 Å². The van der Waals surface area contributed by atoms with Crippen LogP contribution in [0.2, 0.25) is 0 Å². The fraction of sp³-hybridized carbons (Fsp3) is 0.375. The Morgan fingerprint density at radius 1 is 0.212 bits per heavy atom. The number of ether oxygens (including phenoxy) is 4. The first-order valence-corrected chi connectivity index (χ1v) is 54.8. The summed E-state index contributed by atoms with van der Waals surface area (Å²) in [6, 6.07) is 89.8. The van der Waals surface area contributed by atoms with E-state index in [2.05, 4.69) is 364 Å². The first-order chi connectivity index (χ1) is 67.8. The Balaban J connectivity index is 0.754. The number of nitrogens with zero attached hydrogens (tertiary/aromatic N) is 2. The van der Waals surface area contributed by atoms with Gasteiger partial charge in [-0.15, -0.1) is 34.0 Å². The molecular formula is C128H146N2O4S3. The molecule has 3 aromatic heterocycles. The van der Waals surface area contributed by atoms with E-state index in [4.69, 9.17) is 18.9 Å². The van der Waals surface area contributed by atoms with E-state index in [9.17, 15) is 0 Å². The molecule has 0 aliphatic heterocycles. The third-order valence-corrected chi connectivity index (χ3v) is 29.1. The predicted molar refractivity (Wildman–Crippen MR) is 594 cm³/mol. The standard InChI is InChI=1S/C128H146N2O4S3/c1-5-9-13-17-21-25-29-33-37-53-93-131-121-99-111(123(133-95-55-39-35-31-27-23-19-15-11-7-3)97-109(121)83-77-105-71-65-103(66-72-105)69-75-107-79-87-117(88-80-107)129(113-57-45-41-46-58-113)114-59-47-42-48-60-114)85-91-119-101-125-127(135-119)128-126(137-125)102-120(136-128)92-86-112-100-122(132-94-54-38-34-30-26-22-18-14-10-6-2)110(98-124(112)134-96-56-40-36-32-28-24-20-16-12-8-4)84-78-106-73-67-104(68-74-106)70-76-108-81-89-118(90-82-108)130(115-61-49-43-50-62-115)116-63-51-44-52-64-116/h41-52,57-76,79-82,87-90,97-102H,5-40,53-56,93-96H2,1-4H3/b75-69+,76-70+. The predicted octanol–water partition coefficient (Wildman–Crippen LogP) is 38.3. The minimum Gasteiger partial charge on any atom is -0.492 e. The van der Waals surface area contributed by atoms with Crippen LogP contribution in [0.25, 0.3) is 43.1 Å². The number of benzene rings is 10. The highest BCUT2D eigenvalue weighted by Crippen LogP contribution is 2.45. The topological polar surface area (TPSA) is 43.4 Å². The molecule has 0 bridgehead atoms. The number of anilines is 6. The number of unbranched alkanes of at least 4 members (excludes halogenated alkanes) is 36. The lowest BCUT2D eigenvalue weighted by Gasteiger charge is -2.25. The number of fused-ring (bicyclic) bond motifs is 3. The SMILES string of the molecule is CCCCCCCCCCCCOc1cc(C#Cc2cc3sc4cc(C#Cc5cc(OCCCCCCCCCCCC)c(C#Cc6ccc(/C=C/c7ccc(N(c8ccccc8)c8ccccc8)cc7)cc6)cc5OCCCCCCCCCCCC)sc4c3s2)c(OCCCCCCCCCCCC)cc1C#Cc1ccc(/C=C/c2ccc(N(c3ccccc3)c3ccccc3)cc2)cc1. The molecule has 0 radical (unpaired) electrons. The smallest absolute Gasteiger partial charge is 0.136 e. The molecule has 0 N–H and O–H groups in total. The van der Waals surface area contributed by atoms with Crippen molar-refractivity contribution < 1.29 is 18.9 Å². The van der Waals surface area contributed by atoms with E-state index in [-0.39, 0.29) is 0 Å². The van der Waals surface area contributed by atoms with Gasteiger partial charge >= 0.3 is 0 Å². The molecule has 0 saturated heterocycles. The molecule has 13 rings (SSSR count). The lowest BCUT2D eigenvalue weighted by atomic mass is 10.1. The summed E-state index contributed by atoms with van der Waals surface area (Å²) in [6.07, 6.45) is 58.9. The maximum Gasteiger partial charge on any atom is 0.136 e. The van der Waals surface area contributed by atoms with Gasteiger partial charge in [0.2, 0.25) is 0 Å². The van der Waals surface area contributed by atoms with Crippen LogP contribution in [0.5, 0.6) is 23.0 Å². The molecule has 710 valence electrons. The first kappa shape index (κ1) is 103. The highest BCUT2D eigenvalue weighted by atomic mass is 32.1. The van der Waals surface area contributed by atoms with Crippen molar-refractivity contribution in [1.29, 1.82) is 0 Å². The minimum atomic E-state index is 0.605. The van der Waals surface area contributed by atoms with Gasteiger partial charge in [0.1, 0.15) is 23.0 Å². The van der Waals surface area contributed by atoms with Gasteiger partial charge in [0.15, 0.2) is 0 Å². The van der Waals surface area contributed by atoms with Crippen LogP contribution in [0, 0.1) is 47.4 Å². The van der Waals surface area contributed by atoms with Gasteiger partial charge in [-0.25, -0.2) is 0 Å². The van der Waals surface area contributed by atoms with Crippen molar-refractivity contribution in [1.82, 2.24) is 0 Å². The van der Waals surface area contributed by atoms with Crippen LogP contribution in [0.3, 0.4) is 0 Å². The maximum absolute atomic E-state index is 6.88. The van der Waals surface area contributed by atoms with Gasteiger partial charge in [0.05, 0.1) is 67.8 Å². The highest BCUT2D eigenvalue weighted by Gasteiger charge is 2.19. The van der Waals surface area contributed by atoms with Crippen LogP contribution in [0.1, 0.15) is 350 Å². The Morgan fingerprint density at radius 2 is 0.423 bits per heavy atom. The molecule has 0 fully saturated rings. The van der Waals surface area contributed by atoms with Crippen molar-refractivity contribution in [3.63, 3.8) is 0 Å². The number of rotatable bonds is 58. The Hall–Kier alpha value is -11.7. The highest BCUT2D eigenvalue weighted by molar-refractivity contribution is 7.38. The molecule has 0 aliphatic rings. The molecule has 0 aliphatic carbocycles. The largest absolute Gasteiger partial charge is 0.492 e. The fourth-order valence-corrected chi connectivity index (χ4v) is 21.2. The molecule has 0 unspecified atom stereocenters. The molecule has 0 spiro atoms. The van der Waals surface area contributed by atoms with E-state index in [0.717, 1.165) is 174 Å². The summed E-state index contributed by atoms with van der Waals surface area (Å²) in [7, 11) is 0. The quantitative estimate of drug-likeness (QED) is 0.0215. The Morgan fingerprint density at radius 3 is 0.664 bits per heavy atom. The second kappa shape index (κ2) is 60.1. The molecule has 0 saturated carbocycles. The summed E-state index contributed by atoms with van der Waals surface area (Å²) in [5, 5.41) is 0. The number of thiophene rings is 3. The average Bonchev–Trinajstić information content (AvgIpc) is 1.60. The van der Waals surface area contributed by atoms with E-state index in [1.807, 2.05) is 11.3 Å². The van der Waals surface area contributed by atoms with E-state index in [1.165, 1.54) is 224 Å². The number of para-hydroxylation sites is 4. The zero-order chi connectivity index (χ0) is 94.4. The monoisotopic (exact) mass is 1870 g/mol. The van der Waals surface area contributed by atoms with E-state index in [0.29, 0.717) is 26.4 Å². The molecule has 6 nitrogen and oxygen atoms in total. The Kier molecular flexibility index (Phi) is 45.1. The van der Waals surface area contributed by atoms with Crippen molar-refractivity contribution in [3.8, 4) is 70.4 Å². The summed E-state index contributed by atoms with van der Waals surface area (Å²) in [6.45, 7) is 11.6. The Labute approximate surface area is 835 Å². The van der Waals surface area contributed by atoms with Crippen LogP contribution in [-0.2, 0) is 0 Å². The number of hydrogen-bond donors (Lipinski definition) is 0. The summed E-state index contributed by atoms with van der Waals surface area (Å²) in [4.78, 5) is 6.60. The molecule has 10 aromatic carbocycles. The van der Waals surface area contributed by atoms with Gasteiger partial charge in [-0.1, -0.05) is 452 Å². The molecule has 9 heteroatoms. The van der Waals surface area contributed by atoms with E-state index < -0.39 is 0 Å². The van der Waals surface area contributed by atoms with Crippen LogP contribution >= 0.6 is 34.0 Å². The van der Waals surface area contributed by atoms with E-state index >= 15 is 0 Å². The molecule has 3 heterocycles. The van der Waals surface area contributed by atoms with Gasteiger partial charge in [-0.2, -0.15) is 0 Å². The van der Waals surface area contributed by atoms with Crippen molar-refractivity contribution in [2.24, 2.45) is 0 Å². The minimum absolute atomic E-state index is 0.605. The van der Waals surface area contributed by atoms with Crippen LogP contribution in [0.15, 0.2) is 255 Å². The molecule has 13 aromatic rings. The van der Waals surface area contributed by atoms with Gasteiger partial charge in [0, 0.05) is 78.9 Å². The van der Waals surface area contributed by atoms with Gasteiger partial charge in [-0.05, 0) is 157 Å². The fourth-order valence-electron chi connectivity index (χ4n) is 17.5.